The number of rotatable bonds is 4. The van der Waals surface area contributed by atoms with Gasteiger partial charge in [0.2, 0.25) is 0 Å². The van der Waals surface area contributed by atoms with Crippen molar-refractivity contribution >= 4 is 11.6 Å². The highest BCUT2D eigenvalue weighted by Gasteiger charge is 2.17. The van der Waals surface area contributed by atoms with Crippen LogP contribution < -0.4 is 15.2 Å². The summed E-state index contributed by atoms with van der Waals surface area (Å²) in [6.45, 7) is 5.75. The Balaban J connectivity index is 1.66. The van der Waals surface area contributed by atoms with Crippen LogP contribution in [0.5, 0.6) is 0 Å². The lowest BCUT2D eigenvalue weighted by Crippen LogP contribution is -2.37. The van der Waals surface area contributed by atoms with Crippen LogP contribution in [0.2, 0.25) is 0 Å². The molecule has 1 amide bonds. The molecule has 2 N–H and O–H groups in total. The van der Waals surface area contributed by atoms with Crippen molar-refractivity contribution in [1.29, 1.82) is 0 Å². The summed E-state index contributed by atoms with van der Waals surface area (Å²) < 4.78 is 5.37. The summed E-state index contributed by atoms with van der Waals surface area (Å²) in [5.41, 5.74) is 3.93. The second-order valence-electron chi connectivity index (χ2n) is 5.67. The Morgan fingerprint density at radius 2 is 2.04 bits per heavy atom. The summed E-state index contributed by atoms with van der Waals surface area (Å²) >= 11 is 0. The molecule has 0 radical (unpaired) electrons. The first-order chi connectivity index (χ1) is 11.2. The highest BCUT2D eigenvalue weighted by Crippen LogP contribution is 2.15. The third-order valence-electron chi connectivity index (χ3n) is 4.11. The number of aromatic nitrogens is 1. The van der Waals surface area contributed by atoms with Crippen molar-refractivity contribution in [2.45, 2.75) is 13.5 Å². The Bertz CT molecular complexity index is 681. The van der Waals surface area contributed by atoms with Crippen LogP contribution in [0.4, 0.5) is 5.69 Å². The van der Waals surface area contributed by atoms with Gasteiger partial charge in [0, 0.05) is 37.5 Å². The van der Waals surface area contributed by atoms with E-state index in [0.717, 1.165) is 37.6 Å². The van der Waals surface area contributed by atoms with Gasteiger partial charge in [0.1, 0.15) is 0 Å². The number of pyridine rings is 1. The molecule has 23 heavy (non-hydrogen) atoms. The summed E-state index contributed by atoms with van der Waals surface area (Å²) in [5.74, 6) is -0.0941. The molecule has 0 unspecified atom stereocenters. The number of H-pyrrole nitrogens is 1. The lowest BCUT2D eigenvalue weighted by Gasteiger charge is -2.28. The molecule has 2 aromatic rings. The Hall–Kier alpha value is -2.40. The zero-order valence-corrected chi connectivity index (χ0v) is 13.3. The standard InChI is InChI=1S/C18H21N3O2/c1-14-4-2-3-5-15(14)13-20-18(22)17-12-16(6-7-19-17)21-8-10-23-11-9-21/h2-7,12H,8-11,13H2,1H3,(H,20,22)/p+1. The number of ether oxygens (including phenoxy) is 1. The number of anilines is 1. The first-order valence-corrected chi connectivity index (χ1v) is 7.91. The third kappa shape index (κ3) is 3.87. The zero-order valence-electron chi connectivity index (χ0n) is 13.3. The van der Waals surface area contributed by atoms with E-state index in [1.165, 1.54) is 5.56 Å². The largest absolute Gasteiger partial charge is 0.378 e. The number of nitrogens with one attached hydrogen (secondary N) is 2. The lowest BCUT2D eigenvalue weighted by atomic mass is 10.1. The van der Waals surface area contributed by atoms with Gasteiger partial charge in [-0.05, 0) is 18.1 Å². The van der Waals surface area contributed by atoms with Gasteiger partial charge in [-0.15, -0.1) is 0 Å². The highest BCUT2D eigenvalue weighted by atomic mass is 16.5. The summed E-state index contributed by atoms with van der Waals surface area (Å²) in [6.07, 6.45) is 1.81. The molecule has 1 aromatic heterocycles. The number of amides is 1. The fourth-order valence-corrected chi connectivity index (χ4v) is 2.68. The average Bonchev–Trinajstić information content (AvgIpc) is 2.62. The van der Waals surface area contributed by atoms with Gasteiger partial charge in [-0.1, -0.05) is 24.3 Å². The van der Waals surface area contributed by atoms with Crippen molar-refractivity contribution in [3.8, 4) is 0 Å². The van der Waals surface area contributed by atoms with Crippen LogP contribution in [-0.2, 0) is 11.3 Å². The molecule has 1 fully saturated rings. The van der Waals surface area contributed by atoms with Crippen molar-refractivity contribution in [3.05, 3.63) is 59.4 Å². The van der Waals surface area contributed by atoms with Crippen LogP contribution in [0.25, 0.3) is 0 Å². The fourth-order valence-electron chi connectivity index (χ4n) is 2.68. The van der Waals surface area contributed by atoms with Gasteiger partial charge in [0.15, 0.2) is 6.20 Å². The number of hydrogen-bond acceptors (Lipinski definition) is 3. The average molecular weight is 312 g/mol. The predicted molar refractivity (Wildman–Crippen MR) is 88.4 cm³/mol. The van der Waals surface area contributed by atoms with Crippen LogP contribution in [0.15, 0.2) is 42.6 Å². The minimum absolute atomic E-state index is 0.0941. The molecule has 5 heteroatoms. The maximum absolute atomic E-state index is 12.4. The van der Waals surface area contributed by atoms with Crippen molar-refractivity contribution < 1.29 is 14.5 Å². The Morgan fingerprint density at radius 3 is 2.83 bits per heavy atom. The second-order valence-corrected chi connectivity index (χ2v) is 5.67. The molecule has 0 saturated carbocycles. The maximum atomic E-state index is 12.4. The van der Waals surface area contributed by atoms with Gasteiger partial charge in [-0.3, -0.25) is 4.79 Å². The molecular formula is C18H22N3O2+. The molecule has 0 aliphatic carbocycles. The van der Waals surface area contributed by atoms with E-state index in [4.69, 9.17) is 4.74 Å². The van der Waals surface area contributed by atoms with Gasteiger partial charge in [0.25, 0.3) is 5.69 Å². The molecule has 5 nitrogen and oxygen atoms in total. The van der Waals surface area contributed by atoms with E-state index in [1.807, 2.05) is 49.5 Å². The van der Waals surface area contributed by atoms with Crippen molar-refractivity contribution in [2.24, 2.45) is 0 Å². The molecule has 1 saturated heterocycles. The fraction of sp³-hybridized carbons (Fsp3) is 0.333. The predicted octanol–water partition coefficient (Wildman–Crippen LogP) is 1.58. The summed E-state index contributed by atoms with van der Waals surface area (Å²) in [6, 6.07) is 12.0. The summed E-state index contributed by atoms with van der Waals surface area (Å²) in [7, 11) is 0. The molecule has 0 atom stereocenters. The Labute approximate surface area is 136 Å². The Kier molecular flexibility index (Phi) is 4.88. The SMILES string of the molecule is Cc1ccccc1CNC(=O)c1cc(N2CCOCC2)cc[nH+]1. The summed E-state index contributed by atoms with van der Waals surface area (Å²) in [4.78, 5) is 17.6. The number of carbonyl (C=O) groups excluding carboxylic acids is 1. The zero-order chi connectivity index (χ0) is 16.1. The van der Waals surface area contributed by atoms with Crippen molar-refractivity contribution in [3.63, 3.8) is 0 Å². The van der Waals surface area contributed by atoms with E-state index >= 15 is 0 Å². The van der Waals surface area contributed by atoms with Crippen LogP contribution in [0, 0.1) is 6.92 Å². The number of nitrogens with zero attached hydrogens (tertiary/aromatic N) is 1. The minimum atomic E-state index is -0.0941. The molecule has 1 aromatic carbocycles. The highest BCUT2D eigenvalue weighted by molar-refractivity contribution is 5.91. The Morgan fingerprint density at radius 1 is 1.26 bits per heavy atom. The number of aryl methyl sites for hydroxylation is 1. The van der Waals surface area contributed by atoms with E-state index in [-0.39, 0.29) is 5.91 Å². The smallest absolute Gasteiger partial charge is 0.316 e. The molecule has 120 valence electrons. The minimum Gasteiger partial charge on any atom is -0.378 e. The molecule has 1 aliphatic heterocycles. The van der Waals surface area contributed by atoms with E-state index in [9.17, 15) is 4.79 Å². The molecule has 0 bridgehead atoms. The number of aromatic amines is 1. The number of morpholine rings is 1. The van der Waals surface area contributed by atoms with E-state index in [0.29, 0.717) is 12.2 Å². The number of benzene rings is 1. The number of carbonyl (C=O) groups is 1. The van der Waals surface area contributed by atoms with Gasteiger partial charge in [0.05, 0.1) is 13.2 Å². The van der Waals surface area contributed by atoms with E-state index < -0.39 is 0 Å². The topological polar surface area (TPSA) is 55.7 Å². The summed E-state index contributed by atoms with van der Waals surface area (Å²) in [5, 5.41) is 2.97. The monoisotopic (exact) mass is 312 g/mol. The van der Waals surface area contributed by atoms with Crippen LogP contribution in [0.1, 0.15) is 21.6 Å². The normalized spacial score (nSPS) is 14.6. The maximum Gasteiger partial charge on any atom is 0.316 e. The van der Waals surface area contributed by atoms with Crippen molar-refractivity contribution in [2.75, 3.05) is 31.2 Å². The van der Waals surface area contributed by atoms with Crippen LogP contribution in [-0.4, -0.2) is 32.2 Å². The third-order valence-corrected chi connectivity index (χ3v) is 4.11. The second kappa shape index (κ2) is 7.24. The van der Waals surface area contributed by atoms with Gasteiger partial charge in [-0.25, -0.2) is 4.98 Å². The van der Waals surface area contributed by atoms with Crippen molar-refractivity contribution in [1.82, 2.24) is 5.32 Å². The molecule has 1 aliphatic rings. The van der Waals surface area contributed by atoms with Crippen LogP contribution in [0.3, 0.4) is 0 Å². The van der Waals surface area contributed by atoms with Gasteiger partial charge in [-0.2, -0.15) is 0 Å². The number of hydrogen-bond donors (Lipinski definition) is 1. The first kappa shape index (κ1) is 15.5. The molecule has 3 rings (SSSR count). The lowest BCUT2D eigenvalue weighted by molar-refractivity contribution is -0.382. The quantitative estimate of drug-likeness (QED) is 0.932. The molecule has 2 heterocycles. The van der Waals surface area contributed by atoms with Gasteiger partial charge >= 0.3 is 5.91 Å². The van der Waals surface area contributed by atoms with Gasteiger partial charge < -0.3 is 15.0 Å². The molecular weight excluding hydrogens is 290 g/mol. The van der Waals surface area contributed by atoms with E-state index in [1.54, 1.807) is 0 Å². The van der Waals surface area contributed by atoms with E-state index in [2.05, 4.69) is 15.2 Å². The molecule has 0 spiro atoms. The van der Waals surface area contributed by atoms with Crippen LogP contribution >= 0.6 is 0 Å². The first-order valence-electron chi connectivity index (χ1n) is 7.91.